The fourth-order valence-electron chi connectivity index (χ4n) is 2.61. The highest BCUT2D eigenvalue weighted by atomic mass is 32.1. The summed E-state index contributed by atoms with van der Waals surface area (Å²) in [7, 11) is 0. The molecule has 0 aromatic carbocycles. The molecule has 0 bridgehead atoms. The predicted octanol–water partition coefficient (Wildman–Crippen LogP) is 3.13. The van der Waals surface area contributed by atoms with Crippen molar-refractivity contribution in [3.05, 3.63) is 15.6 Å². The van der Waals surface area contributed by atoms with Gasteiger partial charge in [0.2, 0.25) is 0 Å². The second-order valence-electron chi connectivity index (χ2n) is 5.39. The van der Waals surface area contributed by atoms with Crippen molar-refractivity contribution in [2.75, 3.05) is 19.6 Å². The molecule has 1 N–H and O–H groups in total. The molecule has 2 heterocycles. The number of nitrogens with zero attached hydrogens (tertiary/aromatic N) is 2. The lowest BCUT2D eigenvalue weighted by molar-refractivity contribution is 0.0701. The first-order valence-electron chi connectivity index (χ1n) is 7.01. The first-order valence-corrected chi connectivity index (χ1v) is 7.82. The maximum Gasteiger partial charge on any atom is 0.347 e. The van der Waals surface area contributed by atoms with Gasteiger partial charge in [-0.05, 0) is 32.9 Å². The molecule has 0 amide bonds. The Morgan fingerprint density at radius 2 is 2.00 bits per heavy atom. The number of aromatic carboxylic acids is 1. The lowest BCUT2D eigenvalue weighted by Gasteiger charge is -2.22. The molecule has 4 nitrogen and oxygen atoms in total. The molecule has 1 aromatic heterocycles. The number of aryl methyl sites for hydroxylation is 1. The molecule has 2 rings (SSSR count). The van der Waals surface area contributed by atoms with E-state index in [0.717, 1.165) is 11.6 Å². The van der Waals surface area contributed by atoms with Crippen molar-refractivity contribution in [2.45, 2.75) is 45.4 Å². The maximum absolute atomic E-state index is 11.1. The van der Waals surface area contributed by atoms with Crippen molar-refractivity contribution in [1.29, 1.82) is 0 Å². The second-order valence-corrected chi connectivity index (χ2v) is 6.42. The minimum Gasteiger partial charge on any atom is -0.477 e. The molecule has 106 valence electrons. The number of rotatable bonds is 4. The van der Waals surface area contributed by atoms with Crippen LogP contribution in [0.5, 0.6) is 0 Å². The molecule has 0 aliphatic carbocycles. The average molecular weight is 282 g/mol. The lowest BCUT2D eigenvalue weighted by Crippen LogP contribution is -2.28. The largest absolute Gasteiger partial charge is 0.477 e. The molecule has 1 aromatic rings. The minimum absolute atomic E-state index is 0.315. The van der Waals surface area contributed by atoms with Crippen molar-refractivity contribution in [3.8, 4) is 0 Å². The molecule has 19 heavy (non-hydrogen) atoms. The van der Waals surface area contributed by atoms with E-state index in [2.05, 4.69) is 16.8 Å². The van der Waals surface area contributed by atoms with E-state index >= 15 is 0 Å². The fourth-order valence-corrected chi connectivity index (χ4v) is 3.56. The molecule has 1 saturated heterocycles. The quantitative estimate of drug-likeness (QED) is 0.922. The summed E-state index contributed by atoms with van der Waals surface area (Å²) >= 11 is 1.33. The van der Waals surface area contributed by atoms with Crippen molar-refractivity contribution in [1.82, 2.24) is 9.88 Å². The zero-order valence-electron chi connectivity index (χ0n) is 11.7. The third-order valence-corrected chi connectivity index (χ3v) is 5.04. The van der Waals surface area contributed by atoms with E-state index in [1.54, 1.807) is 6.92 Å². The van der Waals surface area contributed by atoms with Gasteiger partial charge in [0.15, 0.2) is 0 Å². The van der Waals surface area contributed by atoms with Gasteiger partial charge in [0.05, 0.1) is 10.7 Å². The topological polar surface area (TPSA) is 53.4 Å². The molecule has 1 aliphatic rings. The van der Waals surface area contributed by atoms with Gasteiger partial charge in [-0.15, -0.1) is 11.3 Å². The van der Waals surface area contributed by atoms with E-state index in [9.17, 15) is 4.79 Å². The van der Waals surface area contributed by atoms with Crippen LogP contribution in [0.15, 0.2) is 0 Å². The standard InChI is InChI=1S/C14H22N2O2S/c1-10(9-16-7-5-3-4-6-8-16)13-15-11(2)12(19-13)14(17)18/h10H,3-9H2,1-2H3,(H,17,18). The van der Waals surface area contributed by atoms with Crippen LogP contribution in [-0.4, -0.2) is 40.6 Å². The highest BCUT2D eigenvalue weighted by Crippen LogP contribution is 2.26. The molecule has 1 fully saturated rings. The third kappa shape index (κ3) is 3.76. The van der Waals surface area contributed by atoms with Gasteiger partial charge < -0.3 is 10.0 Å². The van der Waals surface area contributed by atoms with Gasteiger partial charge in [0, 0.05) is 12.5 Å². The van der Waals surface area contributed by atoms with Crippen LogP contribution in [0.25, 0.3) is 0 Å². The first-order chi connectivity index (χ1) is 9.08. The van der Waals surface area contributed by atoms with Gasteiger partial charge in [-0.25, -0.2) is 9.78 Å². The van der Waals surface area contributed by atoms with E-state index in [1.165, 1.54) is 50.1 Å². The summed E-state index contributed by atoms with van der Waals surface area (Å²) in [5.41, 5.74) is 0.648. The number of hydrogen-bond donors (Lipinski definition) is 1. The molecule has 0 radical (unpaired) electrons. The number of thiazole rings is 1. The Labute approximate surface area is 118 Å². The molecular weight excluding hydrogens is 260 g/mol. The minimum atomic E-state index is -0.858. The summed E-state index contributed by atoms with van der Waals surface area (Å²) in [5.74, 6) is -0.543. The summed E-state index contributed by atoms with van der Waals surface area (Å²) in [6.07, 6.45) is 5.24. The van der Waals surface area contributed by atoms with Crippen LogP contribution >= 0.6 is 11.3 Å². The summed E-state index contributed by atoms with van der Waals surface area (Å²) in [6, 6.07) is 0. The van der Waals surface area contributed by atoms with Crippen LogP contribution in [0.4, 0.5) is 0 Å². The Morgan fingerprint density at radius 3 is 2.53 bits per heavy atom. The monoisotopic (exact) mass is 282 g/mol. The molecular formula is C14H22N2O2S. The van der Waals surface area contributed by atoms with Gasteiger partial charge in [0.1, 0.15) is 4.88 Å². The van der Waals surface area contributed by atoms with Crippen LogP contribution in [0.3, 0.4) is 0 Å². The molecule has 1 unspecified atom stereocenters. The summed E-state index contributed by atoms with van der Waals surface area (Å²) < 4.78 is 0. The van der Waals surface area contributed by atoms with E-state index in [0.29, 0.717) is 16.5 Å². The van der Waals surface area contributed by atoms with Crippen LogP contribution in [0, 0.1) is 6.92 Å². The van der Waals surface area contributed by atoms with E-state index in [4.69, 9.17) is 5.11 Å². The number of carboxylic acids is 1. The average Bonchev–Trinajstić information content (AvgIpc) is 2.58. The summed E-state index contributed by atoms with van der Waals surface area (Å²) in [6.45, 7) is 7.25. The zero-order chi connectivity index (χ0) is 13.8. The molecule has 0 spiro atoms. The Kier molecular flexibility index (Phi) is 4.93. The van der Waals surface area contributed by atoms with Crippen molar-refractivity contribution in [2.24, 2.45) is 0 Å². The van der Waals surface area contributed by atoms with Gasteiger partial charge in [-0.1, -0.05) is 19.8 Å². The zero-order valence-corrected chi connectivity index (χ0v) is 12.5. The van der Waals surface area contributed by atoms with Crippen molar-refractivity contribution in [3.63, 3.8) is 0 Å². The number of hydrogen-bond acceptors (Lipinski definition) is 4. The van der Waals surface area contributed by atoms with Gasteiger partial charge in [-0.2, -0.15) is 0 Å². The molecule has 1 aliphatic heterocycles. The molecule has 1 atom stereocenters. The third-order valence-electron chi connectivity index (χ3n) is 3.66. The van der Waals surface area contributed by atoms with Gasteiger partial charge >= 0.3 is 5.97 Å². The Hall–Kier alpha value is -0.940. The first kappa shape index (κ1) is 14.5. The maximum atomic E-state index is 11.1. The van der Waals surface area contributed by atoms with Crippen molar-refractivity contribution >= 4 is 17.3 Å². The van der Waals surface area contributed by atoms with Crippen molar-refractivity contribution < 1.29 is 9.90 Å². The van der Waals surface area contributed by atoms with Crippen LogP contribution in [-0.2, 0) is 0 Å². The molecule has 5 heteroatoms. The summed E-state index contributed by atoms with van der Waals surface area (Å²) in [5, 5.41) is 10.0. The fraction of sp³-hybridized carbons (Fsp3) is 0.714. The highest BCUT2D eigenvalue weighted by Gasteiger charge is 2.20. The second kappa shape index (κ2) is 6.48. The van der Waals surface area contributed by atoms with Crippen LogP contribution in [0.2, 0.25) is 0 Å². The summed E-state index contributed by atoms with van der Waals surface area (Å²) in [4.78, 5) is 18.4. The van der Waals surface area contributed by atoms with E-state index in [-0.39, 0.29) is 0 Å². The van der Waals surface area contributed by atoms with Gasteiger partial charge in [0.25, 0.3) is 0 Å². The number of carbonyl (C=O) groups is 1. The number of likely N-dealkylation sites (tertiary alicyclic amines) is 1. The number of carboxylic acid groups (broad SMARTS) is 1. The van der Waals surface area contributed by atoms with E-state index < -0.39 is 5.97 Å². The Bertz CT molecular complexity index is 437. The Morgan fingerprint density at radius 1 is 1.37 bits per heavy atom. The van der Waals surface area contributed by atoms with E-state index in [1.807, 2.05) is 0 Å². The SMILES string of the molecule is Cc1nc(C(C)CN2CCCCCC2)sc1C(=O)O. The lowest BCUT2D eigenvalue weighted by atomic mass is 10.1. The normalized spacial score (nSPS) is 19.1. The van der Waals surface area contributed by atoms with Gasteiger partial charge in [-0.3, -0.25) is 0 Å². The molecule has 0 saturated carbocycles. The van der Waals surface area contributed by atoms with Crippen LogP contribution < -0.4 is 0 Å². The van der Waals surface area contributed by atoms with Crippen LogP contribution in [0.1, 0.15) is 58.9 Å². The highest BCUT2D eigenvalue weighted by molar-refractivity contribution is 7.13. The Balaban J connectivity index is 2.00. The smallest absolute Gasteiger partial charge is 0.347 e. The predicted molar refractivity (Wildman–Crippen MR) is 77.1 cm³/mol. The number of aromatic nitrogens is 1.